The molecule has 1 aliphatic heterocycles. The third-order valence-electron chi connectivity index (χ3n) is 6.71. The van der Waals surface area contributed by atoms with Crippen molar-refractivity contribution in [1.82, 2.24) is 25.2 Å². The molecule has 0 atom stereocenters. The van der Waals surface area contributed by atoms with E-state index in [1.807, 2.05) is 0 Å². The molecule has 2 aromatic heterocycles. The molecule has 0 bridgehead atoms. The van der Waals surface area contributed by atoms with Crippen LogP contribution >= 0.6 is 0 Å². The van der Waals surface area contributed by atoms with Crippen molar-refractivity contribution in [1.29, 1.82) is 0 Å². The summed E-state index contributed by atoms with van der Waals surface area (Å²) in [5.41, 5.74) is 2.11. The lowest BCUT2D eigenvalue weighted by atomic mass is 10.0. The first kappa shape index (κ1) is 24.0. The van der Waals surface area contributed by atoms with Crippen LogP contribution in [0.5, 0.6) is 11.5 Å². The van der Waals surface area contributed by atoms with E-state index >= 15 is 0 Å². The van der Waals surface area contributed by atoms with Crippen molar-refractivity contribution in [3.8, 4) is 22.8 Å². The third kappa shape index (κ3) is 4.83. The lowest BCUT2D eigenvalue weighted by Gasteiger charge is -2.32. The van der Waals surface area contributed by atoms with Crippen LogP contribution in [0.1, 0.15) is 36.0 Å². The molecule has 0 spiro atoms. The molecule has 5 rings (SSSR count). The molecular formula is C25H28FN5O5. The number of fused-ring (bicyclic) bond motifs is 1. The van der Waals surface area contributed by atoms with Gasteiger partial charge in [0.25, 0.3) is 5.91 Å². The molecule has 3 aromatic rings. The molecular weight excluding hydrogens is 469 g/mol. The first-order chi connectivity index (χ1) is 17.5. The number of halogens is 1. The number of aliphatic hydroxyl groups excluding tert-OH is 1. The van der Waals surface area contributed by atoms with Crippen LogP contribution in [-0.2, 0) is 4.79 Å². The van der Waals surface area contributed by atoms with Crippen LogP contribution in [0.3, 0.4) is 0 Å². The molecule has 10 nitrogen and oxygen atoms in total. The monoisotopic (exact) mass is 497 g/mol. The zero-order valence-electron chi connectivity index (χ0n) is 19.9. The predicted molar refractivity (Wildman–Crippen MR) is 128 cm³/mol. The number of carbonyl (C=O) groups excluding carboxylic acids is 2. The first-order valence-electron chi connectivity index (χ1n) is 12.0. The molecule has 36 heavy (non-hydrogen) atoms. The minimum atomic E-state index is -0.548. The van der Waals surface area contributed by atoms with Crippen LogP contribution < -0.4 is 14.8 Å². The summed E-state index contributed by atoms with van der Waals surface area (Å²) in [4.78, 5) is 38.1. The average Bonchev–Trinajstić information content (AvgIpc) is 3.63. The van der Waals surface area contributed by atoms with Crippen LogP contribution in [0, 0.1) is 11.7 Å². The fourth-order valence-corrected chi connectivity index (χ4v) is 4.44. The lowest BCUT2D eigenvalue weighted by molar-refractivity contribution is -0.135. The van der Waals surface area contributed by atoms with Gasteiger partial charge in [-0.3, -0.25) is 9.59 Å². The van der Waals surface area contributed by atoms with Crippen LogP contribution in [0.15, 0.2) is 24.7 Å². The molecule has 0 unspecified atom stereocenters. The second-order valence-corrected chi connectivity index (χ2v) is 9.17. The van der Waals surface area contributed by atoms with Crippen molar-refractivity contribution in [2.24, 2.45) is 5.92 Å². The van der Waals surface area contributed by atoms with Gasteiger partial charge in [0, 0.05) is 37.0 Å². The number of carbonyl (C=O) groups is 2. The van der Waals surface area contributed by atoms with Crippen molar-refractivity contribution in [2.75, 3.05) is 33.4 Å². The highest BCUT2D eigenvalue weighted by atomic mass is 19.1. The van der Waals surface area contributed by atoms with Gasteiger partial charge in [0.1, 0.15) is 29.9 Å². The number of hydrogen-bond donors (Lipinski definition) is 3. The summed E-state index contributed by atoms with van der Waals surface area (Å²) in [6.45, 7) is 0.950. The summed E-state index contributed by atoms with van der Waals surface area (Å²) in [6, 6.07) is 2.74. The largest absolute Gasteiger partial charge is 0.494 e. The highest BCUT2D eigenvalue weighted by Crippen LogP contribution is 2.39. The summed E-state index contributed by atoms with van der Waals surface area (Å²) < 4.78 is 25.8. The highest BCUT2D eigenvalue weighted by molar-refractivity contribution is 6.08. The van der Waals surface area contributed by atoms with Gasteiger partial charge in [-0.15, -0.1) is 0 Å². The van der Waals surface area contributed by atoms with Gasteiger partial charge in [-0.1, -0.05) is 0 Å². The molecule has 2 fully saturated rings. The van der Waals surface area contributed by atoms with E-state index in [0.29, 0.717) is 72.1 Å². The number of benzene rings is 1. The van der Waals surface area contributed by atoms with Crippen LogP contribution in [0.4, 0.5) is 4.39 Å². The van der Waals surface area contributed by atoms with E-state index in [1.54, 1.807) is 11.1 Å². The molecule has 3 heterocycles. The van der Waals surface area contributed by atoms with E-state index < -0.39 is 12.4 Å². The summed E-state index contributed by atoms with van der Waals surface area (Å²) >= 11 is 0. The average molecular weight is 498 g/mol. The van der Waals surface area contributed by atoms with Crippen LogP contribution in [0.2, 0.25) is 0 Å². The quantitative estimate of drug-likeness (QED) is 0.435. The highest BCUT2D eigenvalue weighted by Gasteiger charge is 2.27. The number of piperidine rings is 1. The number of H-pyrrole nitrogens is 1. The standard InChI is InChI=1S/C25H28FN5O5/c1-35-20-9-19(36-12-14-2-3-14)16(8-18(20)26)22-24-23(29-13-28-22)17(10-27-24)25(34)30-15-4-6-31(7-5-15)21(33)11-32/h8-10,13-15,27,32H,2-7,11-12H2,1H3,(H,30,34). The van der Waals surface area contributed by atoms with E-state index in [1.165, 1.54) is 25.6 Å². The fourth-order valence-electron chi connectivity index (χ4n) is 4.44. The molecule has 1 saturated carbocycles. The Hall–Kier alpha value is -3.73. The van der Waals surface area contributed by atoms with Gasteiger partial charge in [-0.2, -0.15) is 0 Å². The van der Waals surface area contributed by atoms with Gasteiger partial charge >= 0.3 is 0 Å². The molecule has 0 radical (unpaired) electrons. The SMILES string of the molecule is COc1cc(OCC2CC2)c(-c2ncnc3c(C(=O)NC4CCN(C(=O)CO)CC4)c[nH]c23)cc1F. The van der Waals surface area contributed by atoms with Crippen molar-refractivity contribution in [3.63, 3.8) is 0 Å². The van der Waals surface area contributed by atoms with Crippen molar-refractivity contribution in [2.45, 2.75) is 31.7 Å². The predicted octanol–water partition coefficient (Wildman–Crippen LogP) is 2.27. The van der Waals surface area contributed by atoms with Gasteiger partial charge in [0.15, 0.2) is 11.6 Å². The first-order valence-corrected chi connectivity index (χ1v) is 12.0. The number of aromatic nitrogens is 3. The summed E-state index contributed by atoms with van der Waals surface area (Å²) in [5.74, 6) is -0.139. The van der Waals surface area contributed by atoms with Gasteiger partial charge < -0.3 is 29.8 Å². The number of ether oxygens (including phenoxy) is 2. The number of amides is 2. The zero-order valence-corrected chi connectivity index (χ0v) is 19.9. The molecule has 2 amide bonds. The molecule has 11 heteroatoms. The number of likely N-dealkylation sites (tertiary alicyclic amines) is 1. The molecule has 1 saturated heterocycles. The van der Waals surface area contributed by atoms with E-state index in [9.17, 15) is 14.0 Å². The van der Waals surface area contributed by atoms with E-state index in [-0.39, 0.29) is 23.6 Å². The molecule has 1 aromatic carbocycles. The third-order valence-corrected chi connectivity index (χ3v) is 6.71. The Morgan fingerprint density at radius 2 is 1.97 bits per heavy atom. The van der Waals surface area contributed by atoms with Crippen molar-refractivity contribution in [3.05, 3.63) is 36.0 Å². The second-order valence-electron chi connectivity index (χ2n) is 9.17. The number of nitrogens with zero attached hydrogens (tertiary/aromatic N) is 3. The minimum Gasteiger partial charge on any atom is -0.494 e. The smallest absolute Gasteiger partial charge is 0.255 e. The zero-order chi connectivity index (χ0) is 25.2. The van der Waals surface area contributed by atoms with Crippen molar-refractivity contribution >= 4 is 22.8 Å². The minimum absolute atomic E-state index is 0.0770. The van der Waals surface area contributed by atoms with E-state index in [2.05, 4.69) is 20.3 Å². The van der Waals surface area contributed by atoms with E-state index in [4.69, 9.17) is 14.6 Å². The Kier molecular flexibility index (Phi) is 6.73. The Bertz CT molecular complexity index is 1280. The summed E-state index contributed by atoms with van der Waals surface area (Å²) in [5, 5.41) is 12.0. The maximum atomic E-state index is 14.7. The van der Waals surface area contributed by atoms with Crippen LogP contribution in [0.25, 0.3) is 22.3 Å². The molecule has 2 aliphatic rings. The van der Waals surface area contributed by atoms with Gasteiger partial charge in [0.2, 0.25) is 5.91 Å². The van der Waals surface area contributed by atoms with Gasteiger partial charge in [0.05, 0.1) is 24.8 Å². The normalized spacial score (nSPS) is 16.2. The fraction of sp³-hybridized carbons (Fsp3) is 0.440. The molecule has 190 valence electrons. The number of nitrogens with one attached hydrogen (secondary N) is 2. The Morgan fingerprint density at radius 3 is 2.67 bits per heavy atom. The van der Waals surface area contributed by atoms with Crippen molar-refractivity contribution < 1.29 is 28.6 Å². The van der Waals surface area contributed by atoms with Gasteiger partial charge in [-0.05, 0) is 37.7 Å². The Morgan fingerprint density at radius 1 is 1.19 bits per heavy atom. The number of rotatable bonds is 8. The maximum Gasteiger partial charge on any atom is 0.255 e. The molecule has 1 aliphatic carbocycles. The number of methoxy groups -OCH3 is 1. The second kappa shape index (κ2) is 10.1. The Balaban J connectivity index is 1.40. The van der Waals surface area contributed by atoms with Gasteiger partial charge in [-0.25, -0.2) is 14.4 Å². The number of hydrogen-bond acceptors (Lipinski definition) is 7. The van der Waals surface area contributed by atoms with E-state index in [0.717, 1.165) is 12.8 Å². The summed E-state index contributed by atoms with van der Waals surface area (Å²) in [6.07, 6.45) is 6.30. The Labute approximate surface area is 206 Å². The topological polar surface area (TPSA) is 130 Å². The molecule has 3 N–H and O–H groups in total. The maximum absolute atomic E-state index is 14.7. The summed E-state index contributed by atoms with van der Waals surface area (Å²) in [7, 11) is 1.40. The number of aliphatic hydroxyl groups is 1. The lowest BCUT2D eigenvalue weighted by Crippen LogP contribution is -2.47. The van der Waals surface area contributed by atoms with Crippen LogP contribution in [-0.4, -0.2) is 76.2 Å². The number of aromatic amines is 1.